The minimum absolute atomic E-state index is 0. The second-order valence-electron chi connectivity index (χ2n) is 6.54. The maximum Gasteiger partial charge on any atom is 0.249 e. The van der Waals surface area contributed by atoms with E-state index in [9.17, 15) is 9.59 Å². The Morgan fingerprint density at radius 1 is 1.31 bits per heavy atom. The lowest BCUT2D eigenvalue weighted by molar-refractivity contribution is -0.130. The molecule has 0 aliphatic carbocycles. The second-order valence-corrected chi connectivity index (χ2v) is 6.54. The molecule has 2 amide bonds. The number of rotatable bonds is 7. The first-order valence-electron chi connectivity index (χ1n) is 8.46. The van der Waals surface area contributed by atoms with Crippen LogP contribution in [-0.2, 0) is 9.59 Å². The molecule has 1 heterocycles. The van der Waals surface area contributed by atoms with E-state index in [4.69, 9.17) is 15.2 Å². The summed E-state index contributed by atoms with van der Waals surface area (Å²) >= 11 is 0. The number of nitrogens with two attached hydrogens (primary N) is 1. The number of benzene rings is 1. The first-order chi connectivity index (χ1) is 11.8. The molecule has 2 atom stereocenters. The molecule has 1 aliphatic rings. The highest BCUT2D eigenvalue weighted by atomic mass is 35.5. The molecule has 1 fully saturated rings. The van der Waals surface area contributed by atoms with Crippen LogP contribution in [0.15, 0.2) is 18.2 Å². The zero-order valence-corrected chi connectivity index (χ0v) is 16.5. The van der Waals surface area contributed by atoms with Gasteiger partial charge in [0, 0.05) is 24.7 Å². The molecule has 1 aromatic rings. The number of hydrogen-bond acceptors (Lipinski definition) is 5. The molecule has 26 heavy (non-hydrogen) atoms. The van der Waals surface area contributed by atoms with Crippen molar-refractivity contribution in [3.63, 3.8) is 0 Å². The van der Waals surface area contributed by atoms with Gasteiger partial charge in [-0.05, 0) is 19.8 Å². The molecule has 1 aromatic carbocycles. The Balaban J connectivity index is 0.00000338. The smallest absolute Gasteiger partial charge is 0.249 e. The van der Waals surface area contributed by atoms with E-state index in [1.54, 1.807) is 44.2 Å². The zero-order chi connectivity index (χ0) is 18.6. The number of methoxy groups -OCH3 is 2. The number of amides is 2. The van der Waals surface area contributed by atoms with Crippen LogP contribution in [0.1, 0.15) is 33.1 Å². The maximum atomic E-state index is 12.7. The summed E-state index contributed by atoms with van der Waals surface area (Å²) in [5.74, 6) is 0.757. The summed E-state index contributed by atoms with van der Waals surface area (Å²) < 4.78 is 10.5. The molecule has 0 aromatic heterocycles. The molecule has 2 rings (SSSR count). The van der Waals surface area contributed by atoms with Gasteiger partial charge in [-0.2, -0.15) is 0 Å². The normalized spacial score (nSPS) is 18.7. The zero-order valence-electron chi connectivity index (χ0n) is 15.7. The largest absolute Gasteiger partial charge is 0.497 e. The number of carbonyl (C=O) groups excluding carboxylic acids is 2. The Hall–Kier alpha value is -1.99. The molecule has 1 aliphatic heterocycles. The average Bonchev–Trinajstić information content (AvgIpc) is 2.95. The minimum atomic E-state index is -0.971. The third-order valence-electron chi connectivity index (χ3n) is 4.45. The molecule has 3 N–H and O–H groups in total. The van der Waals surface area contributed by atoms with E-state index in [1.165, 1.54) is 0 Å². The monoisotopic (exact) mass is 385 g/mol. The van der Waals surface area contributed by atoms with E-state index in [1.807, 2.05) is 6.92 Å². The predicted octanol–water partition coefficient (Wildman–Crippen LogP) is 1.86. The molecule has 0 saturated carbocycles. The number of nitrogens with zero attached hydrogens (tertiary/aromatic N) is 1. The predicted molar refractivity (Wildman–Crippen MR) is 103 cm³/mol. The van der Waals surface area contributed by atoms with Gasteiger partial charge in [-0.15, -0.1) is 12.4 Å². The van der Waals surface area contributed by atoms with Crippen LogP contribution in [0.5, 0.6) is 11.5 Å². The lowest BCUT2D eigenvalue weighted by atomic mass is 9.96. The average molecular weight is 386 g/mol. The van der Waals surface area contributed by atoms with Gasteiger partial charge in [0.2, 0.25) is 11.8 Å². The topological polar surface area (TPSA) is 93.9 Å². The van der Waals surface area contributed by atoms with Crippen LogP contribution in [0.25, 0.3) is 0 Å². The van der Waals surface area contributed by atoms with Gasteiger partial charge in [-0.25, -0.2) is 0 Å². The van der Waals surface area contributed by atoms with Gasteiger partial charge in [-0.1, -0.05) is 13.3 Å². The van der Waals surface area contributed by atoms with E-state index in [0.717, 1.165) is 6.42 Å². The first-order valence-corrected chi connectivity index (χ1v) is 8.46. The molecule has 0 bridgehead atoms. The fourth-order valence-corrected chi connectivity index (χ4v) is 2.97. The summed E-state index contributed by atoms with van der Waals surface area (Å²) in [6, 6.07) is 4.72. The van der Waals surface area contributed by atoms with Crippen molar-refractivity contribution < 1.29 is 19.1 Å². The van der Waals surface area contributed by atoms with Crippen LogP contribution < -0.4 is 25.4 Å². The summed E-state index contributed by atoms with van der Waals surface area (Å²) in [6.45, 7) is 4.17. The molecule has 8 heteroatoms. The lowest BCUT2D eigenvalue weighted by Gasteiger charge is -2.25. The van der Waals surface area contributed by atoms with Crippen molar-refractivity contribution in [2.75, 3.05) is 25.7 Å². The Labute approximate surface area is 160 Å². The number of carbonyl (C=O) groups is 2. The van der Waals surface area contributed by atoms with Gasteiger partial charge in [-0.3, -0.25) is 9.59 Å². The van der Waals surface area contributed by atoms with E-state index in [2.05, 4.69) is 5.32 Å². The molecular formula is C18H28ClN3O4. The van der Waals surface area contributed by atoms with Crippen molar-refractivity contribution in [3.8, 4) is 11.5 Å². The second kappa shape index (κ2) is 9.09. The van der Waals surface area contributed by atoms with Crippen LogP contribution in [0.2, 0.25) is 0 Å². The summed E-state index contributed by atoms with van der Waals surface area (Å²) in [6.07, 6.45) is 1.90. The third-order valence-corrected chi connectivity index (χ3v) is 4.45. The maximum absolute atomic E-state index is 12.7. The molecule has 0 spiro atoms. The standard InChI is InChI=1S/C18H27N3O4.ClH/c1-5-7-18(2,19)17(23)20-15-6-8-21(16(15)22)12-9-13(24-3)11-14(10-12)25-4;/h9-11,15H,5-8,19H2,1-4H3,(H,20,23);1H. The van der Waals surface area contributed by atoms with Crippen LogP contribution in [-0.4, -0.2) is 44.2 Å². The minimum Gasteiger partial charge on any atom is -0.497 e. The number of anilines is 1. The highest BCUT2D eigenvalue weighted by molar-refractivity contribution is 6.02. The van der Waals surface area contributed by atoms with Crippen LogP contribution in [0, 0.1) is 0 Å². The van der Waals surface area contributed by atoms with E-state index in [-0.39, 0.29) is 24.2 Å². The van der Waals surface area contributed by atoms with Crippen LogP contribution >= 0.6 is 12.4 Å². The van der Waals surface area contributed by atoms with E-state index < -0.39 is 11.6 Å². The number of nitrogens with one attached hydrogen (secondary N) is 1. The summed E-state index contributed by atoms with van der Waals surface area (Å²) in [4.78, 5) is 26.7. The van der Waals surface area contributed by atoms with Crippen molar-refractivity contribution in [2.45, 2.75) is 44.7 Å². The van der Waals surface area contributed by atoms with Gasteiger partial charge in [0.05, 0.1) is 25.4 Å². The fraction of sp³-hybridized carbons (Fsp3) is 0.556. The molecule has 146 valence electrons. The molecule has 0 radical (unpaired) electrons. The molecule has 1 saturated heterocycles. The quantitative estimate of drug-likeness (QED) is 0.747. The highest BCUT2D eigenvalue weighted by Gasteiger charge is 2.37. The van der Waals surface area contributed by atoms with Crippen molar-refractivity contribution in [3.05, 3.63) is 18.2 Å². The summed E-state index contributed by atoms with van der Waals surface area (Å²) in [5.41, 5.74) is 5.76. The molecule has 7 nitrogen and oxygen atoms in total. The first kappa shape index (κ1) is 22.1. The summed E-state index contributed by atoms with van der Waals surface area (Å²) in [5, 5.41) is 2.79. The Morgan fingerprint density at radius 2 is 1.88 bits per heavy atom. The van der Waals surface area contributed by atoms with Crippen LogP contribution in [0.3, 0.4) is 0 Å². The Bertz CT molecular complexity index is 629. The van der Waals surface area contributed by atoms with Gasteiger partial charge in [0.15, 0.2) is 0 Å². The SMILES string of the molecule is CCCC(C)(N)C(=O)NC1CCN(c2cc(OC)cc(OC)c2)C1=O.Cl. The third kappa shape index (κ3) is 4.80. The molecule has 2 unspecified atom stereocenters. The lowest BCUT2D eigenvalue weighted by Crippen LogP contribution is -2.55. The van der Waals surface area contributed by atoms with Gasteiger partial charge >= 0.3 is 0 Å². The van der Waals surface area contributed by atoms with Crippen molar-refractivity contribution in [1.29, 1.82) is 0 Å². The van der Waals surface area contributed by atoms with E-state index >= 15 is 0 Å². The number of hydrogen-bond donors (Lipinski definition) is 2. The van der Waals surface area contributed by atoms with Crippen molar-refractivity contribution in [1.82, 2.24) is 5.32 Å². The van der Waals surface area contributed by atoms with Gasteiger partial charge in [0.25, 0.3) is 0 Å². The number of ether oxygens (including phenoxy) is 2. The van der Waals surface area contributed by atoms with Crippen molar-refractivity contribution in [2.24, 2.45) is 5.73 Å². The Morgan fingerprint density at radius 3 is 2.38 bits per heavy atom. The Kier molecular flexibility index (Phi) is 7.71. The number of halogens is 1. The van der Waals surface area contributed by atoms with Gasteiger partial charge in [0.1, 0.15) is 17.5 Å². The van der Waals surface area contributed by atoms with Gasteiger partial charge < -0.3 is 25.4 Å². The van der Waals surface area contributed by atoms with E-state index in [0.29, 0.717) is 36.6 Å². The van der Waals surface area contributed by atoms with Crippen LogP contribution in [0.4, 0.5) is 5.69 Å². The highest BCUT2D eigenvalue weighted by Crippen LogP contribution is 2.31. The fourth-order valence-electron chi connectivity index (χ4n) is 2.97. The van der Waals surface area contributed by atoms with Crippen molar-refractivity contribution >= 4 is 29.9 Å². The molecular weight excluding hydrogens is 358 g/mol. The summed E-state index contributed by atoms with van der Waals surface area (Å²) in [7, 11) is 3.12.